The summed E-state index contributed by atoms with van der Waals surface area (Å²) in [6.07, 6.45) is 5.80. The molecule has 0 atom stereocenters. The molecule has 0 unspecified atom stereocenters. The number of amides is 1. The van der Waals surface area contributed by atoms with Gasteiger partial charge in [0.25, 0.3) is 0 Å². The van der Waals surface area contributed by atoms with Crippen molar-refractivity contribution in [1.82, 2.24) is 5.32 Å². The molecule has 18 heavy (non-hydrogen) atoms. The normalized spacial score (nSPS) is 11.4. The predicted octanol–water partition coefficient (Wildman–Crippen LogP) is 1.14. The number of ether oxygens (including phenoxy) is 1. The van der Waals surface area contributed by atoms with Crippen LogP contribution in [0.5, 0.6) is 0 Å². The van der Waals surface area contributed by atoms with Crippen molar-refractivity contribution in [3.05, 3.63) is 0 Å². The summed E-state index contributed by atoms with van der Waals surface area (Å²) in [7, 11) is 1.38. The van der Waals surface area contributed by atoms with Gasteiger partial charge >= 0.3 is 5.97 Å². The van der Waals surface area contributed by atoms with E-state index in [2.05, 4.69) is 10.1 Å². The second-order valence-corrected chi connectivity index (χ2v) is 3.89. The quantitative estimate of drug-likeness (QED) is 0.310. The number of rotatable bonds is 10. The summed E-state index contributed by atoms with van der Waals surface area (Å²) in [5.41, 5.74) is 0. The Balaban J connectivity index is 3.45. The number of hydrogen-bond donors (Lipinski definition) is 3. The van der Waals surface area contributed by atoms with Crippen LogP contribution in [0.15, 0.2) is 0 Å². The van der Waals surface area contributed by atoms with E-state index >= 15 is 0 Å². The minimum atomic E-state index is -0.760. The Hall–Kier alpha value is -1.72. The Morgan fingerprint density at radius 1 is 1.17 bits per heavy atom. The highest BCUT2D eigenvalue weighted by Crippen LogP contribution is 2.03. The van der Waals surface area contributed by atoms with Crippen LogP contribution in [-0.2, 0) is 14.3 Å². The molecule has 102 valence electrons. The van der Waals surface area contributed by atoms with Crippen LogP contribution in [0.3, 0.4) is 0 Å². The highest BCUT2D eigenvalue weighted by atomic mass is 16.5. The van der Waals surface area contributed by atoms with Gasteiger partial charge in [-0.3, -0.25) is 9.59 Å². The molecule has 0 fully saturated rings. The van der Waals surface area contributed by atoms with Gasteiger partial charge in [-0.05, 0) is 12.8 Å². The number of esters is 1. The first-order chi connectivity index (χ1) is 8.65. The van der Waals surface area contributed by atoms with Gasteiger partial charge in [-0.25, -0.2) is 0 Å². The highest BCUT2D eigenvalue weighted by molar-refractivity contribution is 6.06. The van der Waals surface area contributed by atoms with E-state index in [4.69, 9.17) is 10.8 Å². The number of nitrogens with one attached hydrogen (secondary N) is 3. The van der Waals surface area contributed by atoms with Crippen LogP contribution >= 0.6 is 0 Å². The summed E-state index contributed by atoms with van der Waals surface area (Å²) in [5, 5.41) is 16.5. The van der Waals surface area contributed by atoms with Gasteiger partial charge in [0.2, 0.25) is 5.91 Å². The standard InChI is InChI=1S/C12H21N3O3/c1-18-11(16)6-4-2-3-5-7-15-12(17)10(8-13)9-14/h8-10,13-14H,2-7H2,1H3,(H,15,17). The second kappa shape index (κ2) is 10.4. The molecular formula is C12H21N3O3. The van der Waals surface area contributed by atoms with E-state index in [0.717, 1.165) is 38.1 Å². The first-order valence-electron chi connectivity index (χ1n) is 6.01. The summed E-state index contributed by atoms with van der Waals surface area (Å²) in [6.45, 7) is 0.537. The van der Waals surface area contributed by atoms with Crippen LogP contribution in [0.4, 0.5) is 0 Å². The lowest BCUT2D eigenvalue weighted by molar-refractivity contribution is -0.140. The maximum absolute atomic E-state index is 11.3. The average molecular weight is 255 g/mol. The molecule has 6 nitrogen and oxygen atoms in total. The molecule has 0 rings (SSSR count). The van der Waals surface area contributed by atoms with Gasteiger partial charge in [0, 0.05) is 25.4 Å². The zero-order valence-corrected chi connectivity index (χ0v) is 10.7. The van der Waals surface area contributed by atoms with Crippen molar-refractivity contribution >= 4 is 24.3 Å². The minimum Gasteiger partial charge on any atom is -0.469 e. The van der Waals surface area contributed by atoms with Crippen LogP contribution in [0, 0.1) is 16.7 Å². The molecule has 6 heteroatoms. The lowest BCUT2D eigenvalue weighted by Crippen LogP contribution is -2.32. The maximum Gasteiger partial charge on any atom is 0.305 e. The van der Waals surface area contributed by atoms with Gasteiger partial charge in [-0.2, -0.15) is 0 Å². The molecule has 0 bridgehead atoms. The average Bonchev–Trinajstić information content (AvgIpc) is 2.38. The lowest BCUT2D eigenvalue weighted by atomic mass is 10.1. The molecule has 0 aliphatic carbocycles. The van der Waals surface area contributed by atoms with Gasteiger partial charge in [0.05, 0.1) is 7.11 Å². The van der Waals surface area contributed by atoms with E-state index < -0.39 is 5.92 Å². The number of carbonyl (C=O) groups excluding carboxylic acids is 2. The van der Waals surface area contributed by atoms with Crippen molar-refractivity contribution in [3.8, 4) is 0 Å². The zero-order valence-electron chi connectivity index (χ0n) is 10.7. The first kappa shape index (κ1) is 16.3. The molecule has 3 N–H and O–H groups in total. The molecule has 1 amide bonds. The van der Waals surface area contributed by atoms with Crippen molar-refractivity contribution in [3.63, 3.8) is 0 Å². The Labute approximate surface area is 107 Å². The van der Waals surface area contributed by atoms with Crippen LogP contribution in [0.1, 0.15) is 32.1 Å². The summed E-state index contributed by atoms with van der Waals surface area (Å²) in [5.74, 6) is -1.26. The van der Waals surface area contributed by atoms with E-state index in [1.165, 1.54) is 7.11 Å². The van der Waals surface area contributed by atoms with Crippen molar-refractivity contribution in [2.75, 3.05) is 13.7 Å². The number of methoxy groups -OCH3 is 1. The number of carbonyl (C=O) groups is 2. The van der Waals surface area contributed by atoms with Crippen molar-refractivity contribution in [2.24, 2.45) is 5.92 Å². The molecule has 0 saturated heterocycles. The Morgan fingerprint density at radius 2 is 1.78 bits per heavy atom. The molecule has 0 heterocycles. The van der Waals surface area contributed by atoms with E-state index in [9.17, 15) is 9.59 Å². The van der Waals surface area contributed by atoms with E-state index in [-0.39, 0.29) is 11.9 Å². The van der Waals surface area contributed by atoms with E-state index in [0.29, 0.717) is 13.0 Å². The second-order valence-electron chi connectivity index (χ2n) is 3.89. The topological polar surface area (TPSA) is 103 Å². The fraction of sp³-hybridized carbons (Fsp3) is 0.667. The maximum atomic E-state index is 11.3. The van der Waals surface area contributed by atoms with Gasteiger partial charge in [0.1, 0.15) is 5.92 Å². The molecule has 0 saturated carbocycles. The predicted molar refractivity (Wildman–Crippen MR) is 69.2 cm³/mol. The third-order valence-electron chi connectivity index (χ3n) is 2.50. The Morgan fingerprint density at radius 3 is 2.33 bits per heavy atom. The molecule has 0 aromatic heterocycles. The first-order valence-corrected chi connectivity index (χ1v) is 6.01. The monoisotopic (exact) mass is 255 g/mol. The molecule has 0 aromatic carbocycles. The highest BCUT2D eigenvalue weighted by Gasteiger charge is 2.11. The van der Waals surface area contributed by atoms with E-state index in [1.807, 2.05) is 0 Å². The van der Waals surface area contributed by atoms with Crippen LogP contribution in [0.2, 0.25) is 0 Å². The smallest absolute Gasteiger partial charge is 0.305 e. The van der Waals surface area contributed by atoms with Crippen LogP contribution in [-0.4, -0.2) is 38.0 Å². The van der Waals surface area contributed by atoms with Gasteiger partial charge in [-0.1, -0.05) is 12.8 Å². The molecule has 0 radical (unpaired) electrons. The molecule has 0 aliphatic heterocycles. The Kier molecular flexibility index (Phi) is 9.44. The third-order valence-corrected chi connectivity index (χ3v) is 2.50. The fourth-order valence-corrected chi connectivity index (χ4v) is 1.38. The fourth-order valence-electron chi connectivity index (χ4n) is 1.38. The molecule has 0 spiro atoms. The van der Waals surface area contributed by atoms with Crippen molar-refractivity contribution < 1.29 is 14.3 Å². The SMILES string of the molecule is COC(=O)CCCCCCNC(=O)C(C=N)C=N. The van der Waals surface area contributed by atoms with Gasteiger partial charge < -0.3 is 20.9 Å². The molecular weight excluding hydrogens is 234 g/mol. The van der Waals surface area contributed by atoms with Crippen LogP contribution in [0.25, 0.3) is 0 Å². The van der Waals surface area contributed by atoms with Crippen molar-refractivity contribution in [2.45, 2.75) is 32.1 Å². The van der Waals surface area contributed by atoms with Crippen molar-refractivity contribution in [1.29, 1.82) is 10.8 Å². The molecule has 0 aliphatic rings. The van der Waals surface area contributed by atoms with Gasteiger partial charge in [-0.15, -0.1) is 0 Å². The molecule has 0 aromatic rings. The number of hydrogen-bond acceptors (Lipinski definition) is 5. The summed E-state index contributed by atoms with van der Waals surface area (Å²) >= 11 is 0. The minimum absolute atomic E-state index is 0.192. The third kappa shape index (κ3) is 7.54. The van der Waals surface area contributed by atoms with E-state index in [1.54, 1.807) is 0 Å². The summed E-state index contributed by atoms with van der Waals surface area (Å²) in [6, 6.07) is 0. The zero-order chi connectivity index (χ0) is 13.8. The largest absolute Gasteiger partial charge is 0.469 e. The summed E-state index contributed by atoms with van der Waals surface area (Å²) < 4.78 is 4.52. The number of unbranched alkanes of at least 4 members (excludes halogenated alkanes) is 3. The lowest BCUT2D eigenvalue weighted by Gasteiger charge is -2.07. The van der Waals surface area contributed by atoms with Gasteiger partial charge in [0.15, 0.2) is 0 Å². The van der Waals surface area contributed by atoms with Crippen LogP contribution < -0.4 is 5.32 Å². The summed E-state index contributed by atoms with van der Waals surface area (Å²) in [4.78, 5) is 22.2. The Bertz CT molecular complexity index is 284.